The molecule has 0 saturated heterocycles. The van der Waals surface area contributed by atoms with E-state index in [1.807, 2.05) is 36.4 Å². The molecule has 1 aliphatic carbocycles. The molecule has 0 aliphatic heterocycles. The lowest BCUT2D eigenvalue weighted by Crippen LogP contribution is -2.38. The van der Waals surface area contributed by atoms with E-state index in [0.29, 0.717) is 35.4 Å². The van der Waals surface area contributed by atoms with Crippen molar-refractivity contribution < 1.29 is 9.53 Å². The molecule has 1 atom stereocenters. The summed E-state index contributed by atoms with van der Waals surface area (Å²) in [7, 11) is 0. The highest BCUT2D eigenvalue weighted by atomic mass is 35.5. The molecular weight excluding hydrogens is 324 g/mol. The van der Waals surface area contributed by atoms with Gasteiger partial charge in [-0.05, 0) is 48.6 Å². The first-order valence-electron chi connectivity index (χ1n) is 8.13. The van der Waals surface area contributed by atoms with E-state index in [1.54, 1.807) is 12.1 Å². The first-order valence-corrected chi connectivity index (χ1v) is 8.51. The highest BCUT2D eigenvalue weighted by Gasteiger charge is 2.28. The Balaban J connectivity index is 1.61. The van der Waals surface area contributed by atoms with Crippen LogP contribution in [0.4, 0.5) is 0 Å². The summed E-state index contributed by atoms with van der Waals surface area (Å²) in [5.74, 6) is 0.962. The summed E-state index contributed by atoms with van der Waals surface area (Å²) in [6.07, 6.45) is 2.33. The zero-order valence-electron chi connectivity index (χ0n) is 13.4. The van der Waals surface area contributed by atoms with Gasteiger partial charge in [-0.25, -0.2) is 0 Å². The van der Waals surface area contributed by atoms with Gasteiger partial charge < -0.3 is 15.8 Å². The molecule has 2 aromatic carbocycles. The largest absolute Gasteiger partial charge is 0.488 e. The number of amides is 1. The van der Waals surface area contributed by atoms with E-state index in [1.165, 1.54) is 0 Å². The third kappa shape index (κ3) is 4.49. The van der Waals surface area contributed by atoms with Crippen LogP contribution in [0.25, 0.3) is 0 Å². The molecule has 2 aromatic rings. The van der Waals surface area contributed by atoms with E-state index < -0.39 is 0 Å². The van der Waals surface area contributed by atoms with Gasteiger partial charge in [-0.15, -0.1) is 0 Å². The molecule has 1 amide bonds. The van der Waals surface area contributed by atoms with Gasteiger partial charge in [-0.1, -0.05) is 35.9 Å². The van der Waals surface area contributed by atoms with Gasteiger partial charge in [0.15, 0.2) is 0 Å². The lowest BCUT2D eigenvalue weighted by atomic mass is 10.1. The second-order valence-electron chi connectivity index (χ2n) is 6.12. The highest BCUT2D eigenvalue weighted by molar-refractivity contribution is 6.30. The van der Waals surface area contributed by atoms with Crippen molar-refractivity contribution in [2.45, 2.75) is 25.5 Å². The van der Waals surface area contributed by atoms with Crippen LogP contribution in [0.5, 0.6) is 5.75 Å². The maximum absolute atomic E-state index is 12.4. The van der Waals surface area contributed by atoms with Crippen molar-refractivity contribution in [3.8, 4) is 5.75 Å². The smallest absolute Gasteiger partial charge is 0.255 e. The molecule has 0 aromatic heterocycles. The molecule has 1 unspecified atom stereocenters. The summed E-state index contributed by atoms with van der Waals surface area (Å²) in [6, 6.07) is 14.7. The molecule has 1 aliphatic rings. The van der Waals surface area contributed by atoms with Crippen LogP contribution in [-0.4, -0.2) is 18.5 Å². The Bertz CT molecular complexity index is 699. The molecule has 0 bridgehead atoms. The van der Waals surface area contributed by atoms with E-state index in [4.69, 9.17) is 22.1 Å². The van der Waals surface area contributed by atoms with Crippen molar-refractivity contribution in [2.75, 3.05) is 6.54 Å². The number of hydrogen-bond donors (Lipinski definition) is 2. The van der Waals surface area contributed by atoms with E-state index in [9.17, 15) is 4.79 Å². The molecule has 0 heterocycles. The van der Waals surface area contributed by atoms with Gasteiger partial charge >= 0.3 is 0 Å². The second-order valence-corrected chi connectivity index (χ2v) is 6.56. The quantitative estimate of drug-likeness (QED) is 0.809. The minimum absolute atomic E-state index is 0.0381. The monoisotopic (exact) mass is 344 g/mol. The van der Waals surface area contributed by atoms with Gasteiger partial charge in [0.2, 0.25) is 0 Å². The third-order valence-corrected chi connectivity index (χ3v) is 4.42. The SMILES string of the molecule is NC(CNC(=O)c1ccccc1OCc1ccc(Cl)cc1)C1CC1. The van der Waals surface area contributed by atoms with E-state index in [0.717, 1.165) is 18.4 Å². The molecule has 1 fully saturated rings. The number of benzene rings is 2. The van der Waals surface area contributed by atoms with Crippen molar-refractivity contribution in [3.05, 3.63) is 64.7 Å². The van der Waals surface area contributed by atoms with Gasteiger partial charge in [-0.3, -0.25) is 4.79 Å². The molecule has 126 valence electrons. The molecule has 3 rings (SSSR count). The fourth-order valence-corrected chi connectivity index (χ4v) is 2.64. The van der Waals surface area contributed by atoms with Crippen LogP contribution in [0.2, 0.25) is 5.02 Å². The lowest BCUT2D eigenvalue weighted by molar-refractivity contribution is 0.0945. The number of carbonyl (C=O) groups excluding carboxylic acids is 1. The van der Waals surface area contributed by atoms with Crippen LogP contribution in [-0.2, 0) is 6.61 Å². The molecular formula is C19H21ClN2O2. The molecule has 0 radical (unpaired) electrons. The summed E-state index contributed by atoms with van der Waals surface area (Å²) >= 11 is 5.88. The van der Waals surface area contributed by atoms with Crippen molar-refractivity contribution in [3.63, 3.8) is 0 Å². The van der Waals surface area contributed by atoms with Gasteiger partial charge in [0.05, 0.1) is 5.56 Å². The summed E-state index contributed by atoms with van der Waals surface area (Å²) in [6.45, 7) is 0.873. The molecule has 0 spiro atoms. The molecule has 24 heavy (non-hydrogen) atoms. The van der Waals surface area contributed by atoms with Gasteiger partial charge in [0.25, 0.3) is 5.91 Å². The number of rotatable bonds is 7. The Morgan fingerprint density at radius 3 is 2.62 bits per heavy atom. The van der Waals surface area contributed by atoms with E-state index in [2.05, 4.69) is 5.32 Å². The predicted octanol–water partition coefficient (Wildman–Crippen LogP) is 3.39. The number of para-hydroxylation sites is 1. The Labute approximate surface area is 147 Å². The molecule has 5 heteroatoms. The van der Waals surface area contributed by atoms with Crippen LogP contribution in [0.15, 0.2) is 48.5 Å². The maximum atomic E-state index is 12.4. The normalized spacial score (nSPS) is 14.9. The van der Waals surface area contributed by atoms with Crippen molar-refractivity contribution in [1.82, 2.24) is 5.32 Å². The second kappa shape index (κ2) is 7.69. The average molecular weight is 345 g/mol. The zero-order valence-corrected chi connectivity index (χ0v) is 14.1. The first-order chi connectivity index (χ1) is 11.6. The number of hydrogen-bond acceptors (Lipinski definition) is 3. The molecule has 3 N–H and O–H groups in total. The Morgan fingerprint density at radius 1 is 1.21 bits per heavy atom. The van der Waals surface area contributed by atoms with Crippen LogP contribution in [0.3, 0.4) is 0 Å². The van der Waals surface area contributed by atoms with Crippen LogP contribution in [0, 0.1) is 5.92 Å². The van der Waals surface area contributed by atoms with Gasteiger partial charge in [0.1, 0.15) is 12.4 Å². The lowest BCUT2D eigenvalue weighted by Gasteiger charge is -2.14. The molecule has 1 saturated carbocycles. The topological polar surface area (TPSA) is 64.3 Å². The average Bonchev–Trinajstić information content (AvgIpc) is 3.44. The van der Waals surface area contributed by atoms with Crippen molar-refractivity contribution >= 4 is 17.5 Å². The van der Waals surface area contributed by atoms with Crippen LogP contribution in [0.1, 0.15) is 28.8 Å². The summed E-state index contributed by atoms with van der Waals surface area (Å²) in [5.41, 5.74) is 7.55. The minimum Gasteiger partial charge on any atom is -0.488 e. The summed E-state index contributed by atoms with van der Waals surface area (Å²) < 4.78 is 5.82. The Kier molecular flexibility index (Phi) is 5.38. The maximum Gasteiger partial charge on any atom is 0.255 e. The van der Waals surface area contributed by atoms with Crippen LogP contribution >= 0.6 is 11.6 Å². The third-order valence-electron chi connectivity index (χ3n) is 4.17. The number of ether oxygens (including phenoxy) is 1. The van der Waals surface area contributed by atoms with E-state index in [-0.39, 0.29) is 11.9 Å². The van der Waals surface area contributed by atoms with Crippen molar-refractivity contribution in [2.24, 2.45) is 11.7 Å². The standard InChI is InChI=1S/C19H21ClN2O2/c20-15-9-5-13(6-10-15)12-24-18-4-2-1-3-16(18)19(23)22-11-17(21)14-7-8-14/h1-6,9-10,14,17H,7-8,11-12,21H2,(H,22,23). The number of nitrogens with two attached hydrogens (primary N) is 1. The highest BCUT2D eigenvalue weighted by Crippen LogP contribution is 2.31. The van der Waals surface area contributed by atoms with Gasteiger partial charge in [0, 0.05) is 17.6 Å². The number of carbonyl (C=O) groups is 1. The number of nitrogens with one attached hydrogen (secondary N) is 1. The number of halogens is 1. The summed E-state index contributed by atoms with van der Waals surface area (Å²) in [4.78, 5) is 12.4. The molecule has 4 nitrogen and oxygen atoms in total. The Hall–Kier alpha value is -2.04. The fourth-order valence-electron chi connectivity index (χ4n) is 2.52. The van der Waals surface area contributed by atoms with Gasteiger partial charge in [-0.2, -0.15) is 0 Å². The fraction of sp³-hybridized carbons (Fsp3) is 0.316. The minimum atomic E-state index is -0.155. The Morgan fingerprint density at radius 2 is 1.92 bits per heavy atom. The first kappa shape index (κ1) is 16.8. The van der Waals surface area contributed by atoms with Crippen molar-refractivity contribution in [1.29, 1.82) is 0 Å². The zero-order chi connectivity index (χ0) is 16.9. The summed E-state index contributed by atoms with van der Waals surface area (Å²) in [5, 5.41) is 3.59. The van der Waals surface area contributed by atoms with Crippen LogP contribution < -0.4 is 15.8 Å². The predicted molar refractivity (Wildman–Crippen MR) is 95.3 cm³/mol. The van der Waals surface area contributed by atoms with E-state index >= 15 is 0 Å².